The quantitative estimate of drug-likeness (QED) is 0.284. The predicted molar refractivity (Wildman–Crippen MR) is 80.6 cm³/mol. The number of carboxylic acids is 1. The van der Waals surface area contributed by atoms with Crippen molar-refractivity contribution in [2.24, 2.45) is 28.1 Å². The summed E-state index contributed by atoms with van der Waals surface area (Å²) in [7, 11) is 0. The summed E-state index contributed by atoms with van der Waals surface area (Å²) in [4.78, 5) is 26.6. The van der Waals surface area contributed by atoms with Gasteiger partial charge in [0.2, 0.25) is 0 Å². The van der Waals surface area contributed by atoms with Crippen molar-refractivity contribution in [2.75, 3.05) is 6.54 Å². The highest BCUT2D eigenvalue weighted by Crippen LogP contribution is 2.11. The van der Waals surface area contributed by atoms with E-state index in [0.29, 0.717) is 0 Å². The first-order valence-electron chi connectivity index (χ1n) is 6.64. The fourth-order valence-electron chi connectivity index (χ4n) is 1.71. The molecule has 0 aliphatic carbocycles. The van der Waals surface area contributed by atoms with Crippen molar-refractivity contribution in [3.05, 3.63) is 35.9 Å². The van der Waals surface area contributed by atoms with Crippen LogP contribution in [0.2, 0.25) is 0 Å². The van der Waals surface area contributed by atoms with Crippen molar-refractivity contribution in [1.29, 1.82) is 0 Å². The van der Waals surface area contributed by atoms with Crippen LogP contribution in [0, 0.1) is 5.92 Å². The first-order chi connectivity index (χ1) is 10.4. The van der Waals surface area contributed by atoms with Gasteiger partial charge in [0.05, 0.1) is 12.5 Å². The highest BCUT2D eigenvalue weighted by Gasteiger charge is 2.26. The monoisotopic (exact) mass is 308 g/mol. The van der Waals surface area contributed by atoms with Crippen LogP contribution in [0.1, 0.15) is 12.0 Å². The van der Waals surface area contributed by atoms with Gasteiger partial charge in [-0.1, -0.05) is 30.3 Å². The molecule has 0 bridgehead atoms. The number of nitrogens with zero attached hydrogens (tertiary/aromatic N) is 1. The Kier molecular flexibility index (Phi) is 6.84. The van der Waals surface area contributed by atoms with Gasteiger partial charge in [-0.2, -0.15) is 0 Å². The third-order valence-electron chi connectivity index (χ3n) is 2.91. The summed E-state index contributed by atoms with van der Waals surface area (Å²) in [5.74, 6) is -2.81. The van der Waals surface area contributed by atoms with Crippen molar-refractivity contribution < 1.29 is 19.4 Å². The Morgan fingerprint density at radius 1 is 1.23 bits per heavy atom. The standard InChI is InChI=1S/C14H20N4O4/c15-11(12(19)20)6-10(7-18-14(16)17)13(21)22-8-9-4-2-1-3-5-9/h1-5,10-11H,6-8,15H2,(H,19,20)(H4,16,17,18)/t10?,11-/m0/s1. The van der Waals surface area contributed by atoms with Crippen molar-refractivity contribution in [3.8, 4) is 0 Å². The summed E-state index contributed by atoms with van der Waals surface area (Å²) in [5, 5.41) is 8.84. The molecule has 0 spiro atoms. The minimum atomic E-state index is -1.20. The van der Waals surface area contributed by atoms with E-state index in [1.165, 1.54) is 0 Å². The Balaban J connectivity index is 2.65. The molecule has 1 aromatic rings. The van der Waals surface area contributed by atoms with E-state index in [9.17, 15) is 9.59 Å². The molecule has 0 aromatic heterocycles. The average Bonchev–Trinajstić information content (AvgIpc) is 2.49. The Bertz CT molecular complexity index is 529. The highest BCUT2D eigenvalue weighted by molar-refractivity contribution is 5.78. The zero-order chi connectivity index (χ0) is 16.5. The van der Waals surface area contributed by atoms with Crippen LogP contribution in [0.15, 0.2) is 35.3 Å². The van der Waals surface area contributed by atoms with E-state index in [1.807, 2.05) is 18.2 Å². The van der Waals surface area contributed by atoms with Crippen LogP contribution in [0.4, 0.5) is 0 Å². The number of hydrogen-bond acceptors (Lipinski definition) is 5. The van der Waals surface area contributed by atoms with Gasteiger partial charge in [-0.3, -0.25) is 14.6 Å². The molecule has 0 saturated carbocycles. The lowest BCUT2D eigenvalue weighted by Crippen LogP contribution is -2.36. The molecule has 0 heterocycles. The molecule has 0 aliphatic heterocycles. The molecule has 2 atom stereocenters. The third-order valence-corrected chi connectivity index (χ3v) is 2.91. The zero-order valence-electron chi connectivity index (χ0n) is 12.0. The van der Waals surface area contributed by atoms with Gasteiger partial charge in [0.1, 0.15) is 12.6 Å². The van der Waals surface area contributed by atoms with Crippen LogP contribution < -0.4 is 17.2 Å². The summed E-state index contributed by atoms with van der Waals surface area (Å²) in [6.07, 6.45) is -0.111. The minimum absolute atomic E-state index is 0.0725. The number of hydrogen-bond donors (Lipinski definition) is 4. The molecule has 8 heteroatoms. The van der Waals surface area contributed by atoms with E-state index in [4.69, 9.17) is 27.0 Å². The number of ether oxygens (including phenoxy) is 1. The van der Waals surface area contributed by atoms with Crippen molar-refractivity contribution >= 4 is 17.9 Å². The van der Waals surface area contributed by atoms with Gasteiger partial charge in [-0.25, -0.2) is 0 Å². The lowest BCUT2D eigenvalue weighted by Gasteiger charge is -2.16. The van der Waals surface area contributed by atoms with Gasteiger partial charge in [0, 0.05) is 0 Å². The van der Waals surface area contributed by atoms with E-state index in [-0.39, 0.29) is 25.5 Å². The molecule has 120 valence electrons. The predicted octanol–water partition coefficient (Wildman–Crippen LogP) is -0.579. The smallest absolute Gasteiger partial charge is 0.320 e. The third kappa shape index (κ3) is 6.23. The number of benzene rings is 1. The Hall–Kier alpha value is -2.61. The molecular weight excluding hydrogens is 288 g/mol. The molecule has 1 aromatic carbocycles. The van der Waals surface area contributed by atoms with E-state index < -0.39 is 23.9 Å². The molecule has 1 rings (SSSR count). The molecule has 1 unspecified atom stereocenters. The second-order valence-electron chi connectivity index (χ2n) is 4.74. The Morgan fingerprint density at radius 3 is 2.41 bits per heavy atom. The van der Waals surface area contributed by atoms with Gasteiger partial charge >= 0.3 is 11.9 Å². The summed E-state index contributed by atoms with van der Waals surface area (Å²) in [5.41, 5.74) is 16.7. The molecule has 0 aliphatic rings. The fraction of sp³-hybridized carbons (Fsp3) is 0.357. The first kappa shape index (κ1) is 17.4. The lowest BCUT2D eigenvalue weighted by atomic mass is 10.0. The number of carbonyl (C=O) groups is 2. The van der Waals surface area contributed by atoms with Crippen LogP contribution >= 0.6 is 0 Å². The second kappa shape index (κ2) is 8.63. The number of nitrogens with two attached hydrogens (primary N) is 3. The number of carboxylic acid groups (broad SMARTS) is 1. The largest absolute Gasteiger partial charge is 0.480 e. The van der Waals surface area contributed by atoms with Crippen molar-refractivity contribution in [3.63, 3.8) is 0 Å². The van der Waals surface area contributed by atoms with E-state index in [2.05, 4.69) is 4.99 Å². The summed E-state index contributed by atoms with van der Waals surface area (Å²) in [6, 6.07) is 7.91. The molecule has 0 saturated heterocycles. The molecule has 22 heavy (non-hydrogen) atoms. The number of guanidine groups is 1. The van der Waals surface area contributed by atoms with Crippen LogP contribution in [0.5, 0.6) is 0 Å². The molecule has 8 nitrogen and oxygen atoms in total. The Labute approximate surface area is 127 Å². The summed E-state index contributed by atoms with van der Waals surface area (Å²) in [6.45, 7) is 0.0112. The second-order valence-corrected chi connectivity index (χ2v) is 4.74. The van der Waals surface area contributed by atoms with E-state index in [1.54, 1.807) is 12.1 Å². The first-order valence-corrected chi connectivity index (χ1v) is 6.64. The number of carbonyl (C=O) groups excluding carboxylic acids is 1. The highest BCUT2D eigenvalue weighted by atomic mass is 16.5. The van der Waals surface area contributed by atoms with Crippen LogP contribution in [0.25, 0.3) is 0 Å². The summed E-state index contributed by atoms with van der Waals surface area (Å²) >= 11 is 0. The van der Waals surface area contributed by atoms with E-state index in [0.717, 1.165) is 5.56 Å². The topological polar surface area (TPSA) is 154 Å². The zero-order valence-corrected chi connectivity index (χ0v) is 12.0. The van der Waals surface area contributed by atoms with Crippen LogP contribution in [-0.4, -0.2) is 35.6 Å². The molecular formula is C14H20N4O4. The summed E-state index contributed by atoms with van der Waals surface area (Å²) < 4.78 is 5.16. The Morgan fingerprint density at radius 2 is 1.86 bits per heavy atom. The van der Waals surface area contributed by atoms with Crippen molar-refractivity contribution in [2.45, 2.75) is 19.1 Å². The average molecular weight is 308 g/mol. The minimum Gasteiger partial charge on any atom is -0.480 e. The maximum atomic E-state index is 12.1. The molecule has 7 N–H and O–H groups in total. The van der Waals surface area contributed by atoms with Gasteiger partial charge in [0.25, 0.3) is 0 Å². The van der Waals surface area contributed by atoms with Gasteiger partial charge in [-0.15, -0.1) is 0 Å². The number of aliphatic imine (C=N–C) groups is 1. The number of aliphatic carboxylic acids is 1. The van der Waals surface area contributed by atoms with Gasteiger partial charge in [-0.05, 0) is 12.0 Å². The lowest BCUT2D eigenvalue weighted by molar-refractivity contribution is -0.150. The fourth-order valence-corrected chi connectivity index (χ4v) is 1.71. The van der Waals surface area contributed by atoms with Gasteiger partial charge < -0.3 is 27.0 Å². The van der Waals surface area contributed by atoms with Crippen LogP contribution in [-0.2, 0) is 20.9 Å². The maximum absolute atomic E-state index is 12.1. The van der Waals surface area contributed by atoms with Gasteiger partial charge in [0.15, 0.2) is 5.96 Å². The molecule has 0 radical (unpaired) electrons. The number of rotatable bonds is 8. The van der Waals surface area contributed by atoms with E-state index >= 15 is 0 Å². The normalized spacial score (nSPS) is 13.0. The molecule has 0 fully saturated rings. The maximum Gasteiger partial charge on any atom is 0.320 e. The van der Waals surface area contributed by atoms with Crippen LogP contribution in [0.3, 0.4) is 0 Å². The SMILES string of the molecule is NC(N)=NCC(C[C@H](N)C(=O)O)C(=O)OCc1ccccc1. The molecule has 0 amide bonds. The number of esters is 1. The van der Waals surface area contributed by atoms with Crippen molar-refractivity contribution in [1.82, 2.24) is 0 Å².